The van der Waals surface area contributed by atoms with Crippen LogP contribution in [0.4, 0.5) is 0 Å². The number of halogens is 2. The van der Waals surface area contributed by atoms with Crippen molar-refractivity contribution in [2.24, 2.45) is 0 Å². The molecule has 0 N–H and O–H groups in total. The molecule has 0 spiro atoms. The molecule has 0 aromatic heterocycles. The predicted octanol–water partition coefficient (Wildman–Crippen LogP) is 5.80. The summed E-state index contributed by atoms with van der Waals surface area (Å²) in [4.78, 5) is 0. The summed E-state index contributed by atoms with van der Waals surface area (Å²) in [7, 11) is 0. The van der Waals surface area contributed by atoms with E-state index in [1.165, 1.54) is 16.3 Å². The van der Waals surface area contributed by atoms with E-state index >= 15 is 0 Å². The zero-order valence-corrected chi connectivity index (χ0v) is 17.8. The molecule has 1 aliphatic rings. The van der Waals surface area contributed by atoms with Crippen molar-refractivity contribution < 1.29 is 23.3 Å². The minimum atomic E-state index is 0. The van der Waals surface area contributed by atoms with Crippen molar-refractivity contribution >= 4 is 41.0 Å². The van der Waals surface area contributed by atoms with Crippen molar-refractivity contribution in [3.05, 3.63) is 66.3 Å². The van der Waals surface area contributed by atoms with E-state index in [1.54, 1.807) is 23.3 Å². The molecule has 0 aliphatic heterocycles. The molecule has 0 saturated heterocycles. The molecule has 4 heteroatoms. The number of aryl methyl sites for hydroxylation is 1. The van der Waals surface area contributed by atoms with Gasteiger partial charge in [0.25, 0.3) is 0 Å². The van der Waals surface area contributed by atoms with Crippen molar-refractivity contribution in [1.82, 2.24) is 0 Å². The van der Waals surface area contributed by atoms with Crippen LogP contribution >= 0.6 is 24.8 Å². The van der Waals surface area contributed by atoms with Gasteiger partial charge in [-0.25, -0.2) is 12.2 Å². The van der Waals surface area contributed by atoms with E-state index in [0.29, 0.717) is 0 Å². The second-order valence-corrected chi connectivity index (χ2v) is 14.0. The van der Waals surface area contributed by atoms with E-state index in [0.717, 1.165) is 6.42 Å². The molecule has 2 aromatic carbocycles. The Morgan fingerprint density at radius 2 is 1.81 bits per heavy atom. The van der Waals surface area contributed by atoms with Gasteiger partial charge in [-0.2, -0.15) is 17.7 Å². The van der Waals surface area contributed by atoms with Crippen molar-refractivity contribution in [2.45, 2.75) is 26.4 Å². The average molecular weight is 417 g/mol. The van der Waals surface area contributed by atoms with Crippen LogP contribution in [0, 0.1) is 13.0 Å². The largest absolute Gasteiger partial charge is 0.273 e. The summed E-state index contributed by atoms with van der Waals surface area (Å²) in [6.45, 7) is 6.76. The van der Waals surface area contributed by atoms with Crippen molar-refractivity contribution in [2.75, 3.05) is 0 Å². The average Bonchev–Trinajstić information content (AvgIpc) is 3.03. The molecule has 21 heavy (non-hydrogen) atoms. The number of benzene rings is 1. The van der Waals surface area contributed by atoms with Crippen LogP contribution < -0.4 is 0 Å². The van der Waals surface area contributed by atoms with Crippen LogP contribution in [0.3, 0.4) is 0 Å². The summed E-state index contributed by atoms with van der Waals surface area (Å²) in [6.07, 6.45) is 10.0. The maximum atomic E-state index is 2.99. The van der Waals surface area contributed by atoms with E-state index in [4.69, 9.17) is 0 Å². The van der Waals surface area contributed by atoms with Gasteiger partial charge in [-0.3, -0.25) is 6.08 Å². The number of hydrogen-bond acceptors (Lipinski definition) is 0. The van der Waals surface area contributed by atoms with Gasteiger partial charge in [0.1, 0.15) is 0 Å². The topological polar surface area (TPSA) is 0 Å². The van der Waals surface area contributed by atoms with Gasteiger partial charge in [-0.05, 0) is 0 Å². The molecule has 0 bridgehead atoms. The molecular weight excluding hydrogens is 394 g/mol. The van der Waals surface area contributed by atoms with E-state index < -0.39 is 0 Å². The van der Waals surface area contributed by atoms with Gasteiger partial charge in [-0.1, -0.05) is 13.0 Å². The summed E-state index contributed by atoms with van der Waals surface area (Å²) >= 11 is 1.74. The van der Waals surface area contributed by atoms with Crippen molar-refractivity contribution in [1.29, 1.82) is 0 Å². The monoisotopic (exact) mass is 414 g/mol. The van der Waals surface area contributed by atoms with Crippen LogP contribution in [0.1, 0.15) is 12.0 Å². The van der Waals surface area contributed by atoms with Gasteiger partial charge in [0.2, 0.25) is 0 Å². The fraction of sp³-hybridized carbons (Fsp3) is 0.235. The quantitative estimate of drug-likeness (QED) is 0.376. The van der Waals surface area contributed by atoms with Crippen molar-refractivity contribution in [3.8, 4) is 0 Å². The third-order valence-electron chi connectivity index (χ3n) is 2.48. The number of hydrogen-bond donors (Lipinski definition) is 0. The summed E-state index contributed by atoms with van der Waals surface area (Å²) in [5.41, 5.74) is 1.58. The van der Waals surface area contributed by atoms with Gasteiger partial charge < -0.3 is 0 Å². The molecular formula is C17H22Cl2SiZr. The van der Waals surface area contributed by atoms with Gasteiger partial charge in [0, 0.05) is 0 Å². The Balaban J connectivity index is 0. The molecule has 0 unspecified atom stereocenters. The van der Waals surface area contributed by atoms with Gasteiger partial charge in [0.05, 0.1) is 0 Å². The van der Waals surface area contributed by atoms with Crippen LogP contribution in [0.5, 0.6) is 0 Å². The third-order valence-corrected chi connectivity index (χ3v) is 2.48. The molecule has 0 atom stereocenters. The molecule has 0 nitrogen and oxygen atoms in total. The Morgan fingerprint density at radius 1 is 1.19 bits per heavy atom. The van der Waals surface area contributed by atoms with Crippen LogP contribution in [0.2, 0.25) is 13.1 Å². The summed E-state index contributed by atoms with van der Waals surface area (Å²) in [5.74, 6) is 0. The fourth-order valence-electron chi connectivity index (χ4n) is 1.65. The Hall–Kier alpha value is -0.0100. The van der Waals surface area contributed by atoms with Gasteiger partial charge in [0.15, 0.2) is 0 Å². The van der Waals surface area contributed by atoms with Crippen LogP contribution in [0.15, 0.2) is 54.6 Å². The van der Waals surface area contributed by atoms with E-state index in [-0.39, 0.29) is 30.2 Å². The molecule has 112 valence electrons. The first-order valence-electron chi connectivity index (χ1n) is 6.46. The molecule has 1 aliphatic carbocycles. The maximum Gasteiger partial charge on any atom is -0.0809 e. The maximum absolute atomic E-state index is 2.99. The van der Waals surface area contributed by atoms with E-state index in [2.05, 4.69) is 68.6 Å². The second kappa shape index (κ2) is 13.6. The minimum absolute atomic E-state index is 0. The minimum Gasteiger partial charge on any atom is -0.273 e. The summed E-state index contributed by atoms with van der Waals surface area (Å²) in [6, 6.07) is 12.8. The predicted molar refractivity (Wildman–Crippen MR) is 97.8 cm³/mol. The molecule has 0 amide bonds. The zero-order chi connectivity index (χ0) is 14.1. The van der Waals surface area contributed by atoms with Gasteiger partial charge in [-0.15, -0.1) is 66.3 Å². The first-order valence-corrected chi connectivity index (χ1v) is 12.6. The Kier molecular flexibility index (Phi) is 15.1. The Labute approximate surface area is 156 Å². The number of fused-ring (bicyclic) bond motifs is 1. The van der Waals surface area contributed by atoms with Crippen LogP contribution in [-0.4, -0.2) is 5.43 Å². The standard InChI is InChI=1S/C10H9.C5H5.C2H6Si.2ClH.Zr/c1-8-6-7-9-4-2-3-5-10(8)9;1-2-4-5-3-1;1-3-2;;;/h2-7H,1H3;1-3H,4H2;1-2H3;2*1H;/q2*-1;;;;+2. The smallest absolute Gasteiger partial charge is 0.0809 e. The third kappa shape index (κ3) is 10.4. The summed E-state index contributed by atoms with van der Waals surface area (Å²) in [5, 5.41) is 2.72. The van der Waals surface area contributed by atoms with Crippen LogP contribution in [0.25, 0.3) is 10.8 Å². The van der Waals surface area contributed by atoms with Gasteiger partial charge >= 0.3 is 41.9 Å². The molecule has 2 aromatic rings. The zero-order valence-electron chi connectivity index (χ0n) is 12.7. The Bertz CT molecular complexity index is 571. The first kappa shape index (κ1) is 23.3. The van der Waals surface area contributed by atoms with E-state index in [1.807, 2.05) is 12.2 Å². The molecule has 0 fully saturated rings. The number of allylic oxidation sites excluding steroid dienone is 4. The van der Waals surface area contributed by atoms with Crippen LogP contribution in [-0.2, 0) is 23.3 Å². The normalized spacial score (nSPS) is 10.5. The second-order valence-electron chi connectivity index (χ2n) is 4.61. The molecule has 0 heterocycles. The summed E-state index contributed by atoms with van der Waals surface area (Å²) < 4.78 is 0. The molecule has 0 saturated carbocycles. The fourth-order valence-corrected chi connectivity index (χ4v) is 1.65. The SMILES string of the molecule is C[Si](C)=[Zr+2].Cc1c[cH-]c2ccccc12.Cl.Cl.[C-]1=CC=CC1. The number of rotatable bonds is 0. The Morgan fingerprint density at radius 3 is 2.24 bits per heavy atom. The first-order chi connectivity index (χ1) is 9.11. The van der Waals surface area contributed by atoms with Crippen molar-refractivity contribution in [3.63, 3.8) is 0 Å². The molecule has 3 rings (SSSR count). The molecule has 0 radical (unpaired) electrons. The van der Waals surface area contributed by atoms with E-state index in [9.17, 15) is 0 Å².